The molecule has 2 fully saturated rings. The zero-order chi connectivity index (χ0) is 16.3. The van der Waals surface area contributed by atoms with Crippen molar-refractivity contribution in [1.82, 2.24) is 15.5 Å². The van der Waals surface area contributed by atoms with Crippen LogP contribution in [0.4, 0.5) is 4.79 Å². The van der Waals surface area contributed by atoms with Crippen molar-refractivity contribution >= 4 is 11.9 Å². The van der Waals surface area contributed by atoms with Gasteiger partial charge >= 0.3 is 6.03 Å². The van der Waals surface area contributed by atoms with Crippen molar-refractivity contribution in [2.75, 3.05) is 26.2 Å². The number of nitrogens with zero attached hydrogens (tertiary/aromatic N) is 1. The number of hydrogen-bond donors (Lipinski definition) is 2. The summed E-state index contributed by atoms with van der Waals surface area (Å²) in [6.45, 7) is 4.52. The topological polar surface area (TPSA) is 70.7 Å². The fourth-order valence-corrected chi connectivity index (χ4v) is 3.23. The van der Waals surface area contributed by atoms with Crippen molar-refractivity contribution in [1.29, 1.82) is 0 Å². The highest BCUT2D eigenvalue weighted by Crippen LogP contribution is 2.27. The fourth-order valence-electron chi connectivity index (χ4n) is 3.23. The van der Waals surface area contributed by atoms with Gasteiger partial charge in [-0.05, 0) is 57.0 Å². The normalized spacial score (nSPS) is 20.0. The summed E-state index contributed by atoms with van der Waals surface area (Å²) in [5.74, 6) is 0.759. The number of carbonyl (C=O) groups is 2. The van der Waals surface area contributed by atoms with Crippen LogP contribution in [0.3, 0.4) is 0 Å². The minimum absolute atomic E-state index is 0.0741. The third kappa shape index (κ3) is 3.17. The van der Waals surface area contributed by atoms with Crippen LogP contribution >= 0.6 is 0 Å². The third-order valence-corrected chi connectivity index (χ3v) is 4.56. The lowest BCUT2D eigenvalue weighted by atomic mass is 9.88. The average molecular weight is 317 g/mol. The van der Waals surface area contributed by atoms with Gasteiger partial charge in [0, 0.05) is 6.54 Å². The van der Waals surface area contributed by atoms with Crippen LogP contribution in [0.5, 0.6) is 5.75 Å². The molecule has 1 aromatic rings. The highest BCUT2D eigenvalue weighted by molar-refractivity contribution is 6.07. The Labute approximate surface area is 136 Å². The van der Waals surface area contributed by atoms with E-state index in [1.165, 1.54) is 4.90 Å². The monoisotopic (exact) mass is 317 g/mol. The number of imide groups is 1. The molecule has 2 N–H and O–H groups in total. The number of amides is 3. The van der Waals surface area contributed by atoms with Crippen molar-refractivity contribution in [2.24, 2.45) is 0 Å². The van der Waals surface area contributed by atoms with Gasteiger partial charge in [-0.2, -0.15) is 0 Å². The highest BCUT2D eigenvalue weighted by atomic mass is 16.5. The molecule has 0 aromatic heterocycles. The Hall–Kier alpha value is -2.08. The Bertz CT molecular complexity index is 579. The molecule has 3 amide bonds. The van der Waals surface area contributed by atoms with E-state index >= 15 is 0 Å². The van der Waals surface area contributed by atoms with E-state index in [-0.39, 0.29) is 11.9 Å². The molecule has 1 aromatic carbocycles. The molecule has 2 aliphatic heterocycles. The van der Waals surface area contributed by atoms with Crippen LogP contribution in [0, 0.1) is 0 Å². The largest absolute Gasteiger partial charge is 0.494 e. The van der Waals surface area contributed by atoms with Gasteiger partial charge in [0.15, 0.2) is 0 Å². The Morgan fingerprint density at radius 2 is 1.87 bits per heavy atom. The number of nitrogens with one attached hydrogen (secondary N) is 2. The summed E-state index contributed by atoms with van der Waals surface area (Å²) in [5.41, 5.74) is 0.404. The number of ether oxygens (including phenoxy) is 1. The van der Waals surface area contributed by atoms with Crippen molar-refractivity contribution in [3.8, 4) is 5.75 Å². The van der Waals surface area contributed by atoms with Gasteiger partial charge in [0.05, 0.1) is 6.61 Å². The van der Waals surface area contributed by atoms with Crippen molar-refractivity contribution in [2.45, 2.75) is 31.7 Å². The van der Waals surface area contributed by atoms with Gasteiger partial charge < -0.3 is 15.4 Å². The molecule has 0 unspecified atom stereocenters. The lowest BCUT2D eigenvalue weighted by Gasteiger charge is -2.31. The molecular formula is C17H23N3O3. The molecule has 3 rings (SSSR count). The second-order valence-corrected chi connectivity index (χ2v) is 6.05. The summed E-state index contributed by atoms with van der Waals surface area (Å²) >= 11 is 0. The average Bonchev–Trinajstić information content (AvgIpc) is 2.78. The first-order valence-electron chi connectivity index (χ1n) is 8.21. The molecule has 2 saturated heterocycles. The zero-order valence-electron chi connectivity index (χ0n) is 13.4. The third-order valence-electron chi connectivity index (χ3n) is 4.56. The predicted octanol–water partition coefficient (Wildman–Crippen LogP) is 1.30. The van der Waals surface area contributed by atoms with Crippen LogP contribution in [-0.4, -0.2) is 48.6 Å². The molecule has 0 atom stereocenters. The SMILES string of the molecule is CCOc1ccc(CCN2C(=O)NC3(CCNCC3)C2=O)cc1. The van der Waals surface area contributed by atoms with Crippen molar-refractivity contribution in [3.05, 3.63) is 29.8 Å². The molecule has 0 bridgehead atoms. The van der Waals surface area contributed by atoms with Gasteiger partial charge in [-0.3, -0.25) is 9.69 Å². The van der Waals surface area contributed by atoms with Gasteiger partial charge in [-0.1, -0.05) is 12.1 Å². The van der Waals surface area contributed by atoms with Crippen LogP contribution in [0.2, 0.25) is 0 Å². The first-order valence-corrected chi connectivity index (χ1v) is 8.21. The van der Waals surface area contributed by atoms with Gasteiger partial charge in [-0.15, -0.1) is 0 Å². The van der Waals surface area contributed by atoms with Crippen LogP contribution < -0.4 is 15.4 Å². The summed E-state index contributed by atoms with van der Waals surface area (Å²) in [5, 5.41) is 6.13. The molecule has 0 radical (unpaired) electrons. The Morgan fingerprint density at radius 3 is 2.52 bits per heavy atom. The molecule has 0 saturated carbocycles. The Kier molecular flexibility index (Phi) is 4.52. The molecule has 124 valence electrons. The smallest absolute Gasteiger partial charge is 0.325 e. The van der Waals surface area contributed by atoms with E-state index in [0.29, 0.717) is 32.4 Å². The van der Waals surface area contributed by atoms with Crippen LogP contribution in [-0.2, 0) is 11.2 Å². The van der Waals surface area contributed by atoms with E-state index in [9.17, 15) is 9.59 Å². The molecule has 6 nitrogen and oxygen atoms in total. The molecular weight excluding hydrogens is 294 g/mol. The quantitative estimate of drug-likeness (QED) is 0.803. The standard InChI is InChI=1S/C17H23N3O3/c1-2-23-14-5-3-13(4-6-14)7-12-20-15(21)17(19-16(20)22)8-10-18-11-9-17/h3-6,18H,2,7-12H2,1H3,(H,19,22). The van der Waals surface area contributed by atoms with Gasteiger partial charge in [0.1, 0.15) is 11.3 Å². The maximum Gasteiger partial charge on any atom is 0.325 e. The van der Waals surface area contributed by atoms with Crippen molar-refractivity contribution < 1.29 is 14.3 Å². The summed E-state index contributed by atoms with van der Waals surface area (Å²) in [6.07, 6.45) is 1.98. The number of piperidine rings is 1. The molecule has 1 spiro atoms. The Balaban J connectivity index is 1.61. The number of benzene rings is 1. The van der Waals surface area contributed by atoms with Gasteiger partial charge in [0.2, 0.25) is 0 Å². The lowest BCUT2D eigenvalue weighted by Crippen LogP contribution is -2.53. The highest BCUT2D eigenvalue weighted by Gasteiger charge is 2.50. The van der Waals surface area contributed by atoms with E-state index in [2.05, 4.69) is 10.6 Å². The fraction of sp³-hybridized carbons (Fsp3) is 0.529. The van der Waals surface area contributed by atoms with Crippen LogP contribution in [0.15, 0.2) is 24.3 Å². The minimum atomic E-state index is -0.679. The lowest BCUT2D eigenvalue weighted by molar-refractivity contribution is -0.132. The second-order valence-electron chi connectivity index (χ2n) is 6.05. The maximum atomic E-state index is 12.6. The number of urea groups is 1. The van der Waals surface area contributed by atoms with E-state index in [1.807, 2.05) is 31.2 Å². The Morgan fingerprint density at radius 1 is 1.17 bits per heavy atom. The van der Waals surface area contributed by atoms with E-state index in [1.54, 1.807) is 0 Å². The van der Waals surface area contributed by atoms with Crippen molar-refractivity contribution in [3.63, 3.8) is 0 Å². The predicted molar refractivity (Wildman–Crippen MR) is 86.4 cm³/mol. The van der Waals surface area contributed by atoms with E-state index < -0.39 is 5.54 Å². The summed E-state index contributed by atoms with van der Waals surface area (Å²) < 4.78 is 5.41. The molecule has 2 aliphatic rings. The van der Waals surface area contributed by atoms with Crippen LogP contribution in [0.1, 0.15) is 25.3 Å². The number of carbonyl (C=O) groups excluding carboxylic acids is 2. The van der Waals surface area contributed by atoms with E-state index in [0.717, 1.165) is 24.4 Å². The molecule has 2 heterocycles. The van der Waals surface area contributed by atoms with Crippen LogP contribution in [0.25, 0.3) is 0 Å². The first kappa shape index (κ1) is 15.8. The minimum Gasteiger partial charge on any atom is -0.494 e. The summed E-state index contributed by atoms with van der Waals surface area (Å²) in [4.78, 5) is 26.2. The summed E-state index contributed by atoms with van der Waals surface area (Å²) in [7, 11) is 0. The molecule has 0 aliphatic carbocycles. The zero-order valence-corrected chi connectivity index (χ0v) is 13.4. The number of rotatable bonds is 5. The molecule has 6 heteroatoms. The van der Waals surface area contributed by atoms with Gasteiger partial charge in [-0.25, -0.2) is 4.79 Å². The molecule has 23 heavy (non-hydrogen) atoms. The van der Waals surface area contributed by atoms with Gasteiger partial charge in [0.25, 0.3) is 5.91 Å². The summed E-state index contributed by atoms with van der Waals surface area (Å²) in [6, 6.07) is 7.52. The second kappa shape index (κ2) is 6.58. The first-order chi connectivity index (χ1) is 11.1. The maximum absolute atomic E-state index is 12.6. The van der Waals surface area contributed by atoms with E-state index in [4.69, 9.17) is 4.74 Å². The number of hydrogen-bond acceptors (Lipinski definition) is 4.